The van der Waals surface area contributed by atoms with E-state index in [4.69, 9.17) is 0 Å². The van der Waals surface area contributed by atoms with E-state index in [0.29, 0.717) is 39.0 Å². The molecule has 1 aromatic carbocycles. The zero-order valence-electron chi connectivity index (χ0n) is 15.2. The first kappa shape index (κ1) is 18.2. The summed E-state index contributed by atoms with van der Waals surface area (Å²) in [7, 11) is 0. The van der Waals surface area contributed by atoms with Crippen molar-refractivity contribution in [1.29, 1.82) is 0 Å². The molecule has 0 saturated carbocycles. The van der Waals surface area contributed by atoms with Crippen LogP contribution in [0.15, 0.2) is 30.3 Å². The van der Waals surface area contributed by atoms with E-state index in [1.807, 2.05) is 19.9 Å². The second-order valence-corrected chi connectivity index (χ2v) is 6.79. The number of hydrogen-bond donors (Lipinski definition) is 1. The fraction of sp³-hybridized carbons (Fsp3) is 0.400. The van der Waals surface area contributed by atoms with E-state index < -0.39 is 5.82 Å². The smallest absolute Gasteiger partial charge is 0.256 e. The number of amides is 2. The van der Waals surface area contributed by atoms with Crippen molar-refractivity contribution in [2.45, 2.75) is 26.7 Å². The van der Waals surface area contributed by atoms with Gasteiger partial charge < -0.3 is 14.8 Å². The van der Waals surface area contributed by atoms with Gasteiger partial charge in [0.25, 0.3) is 5.91 Å². The van der Waals surface area contributed by atoms with Crippen molar-refractivity contribution in [1.82, 2.24) is 14.8 Å². The van der Waals surface area contributed by atoms with Crippen molar-refractivity contribution >= 4 is 11.8 Å². The van der Waals surface area contributed by atoms with Crippen LogP contribution < -0.4 is 0 Å². The van der Waals surface area contributed by atoms with E-state index in [1.54, 1.807) is 21.9 Å². The van der Waals surface area contributed by atoms with Crippen molar-refractivity contribution in [2.75, 3.05) is 26.2 Å². The summed E-state index contributed by atoms with van der Waals surface area (Å²) in [4.78, 5) is 31.9. The molecule has 1 aromatic heterocycles. The zero-order valence-corrected chi connectivity index (χ0v) is 15.2. The maximum absolute atomic E-state index is 13.9. The van der Waals surface area contributed by atoms with Gasteiger partial charge in [-0.2, -0.15) is 0 Å². The Bertz CT molecular complexity index is 815. The highest BCUT2D eigenvalue weighted by Gasteiger charge is 2.24. The van der Waals surface area contributed by atoms with Gasteiger partial charge in [-0.3, -0.25) is 9.59 Å². The number of aryl methyl sites for hydroxylation is 2. The van der Waals surface area contributed by atoms with Crippen LogP contribution in [0.5, 0.6) is 0 Å². The Morgan fingerprint density at radius 1 is 1.08 bits per heavy atom. The molecular formula is C20H24FN3O2. The molecule has 2 aromatic rings. The van der Waals surface area contributed by atoms with E-state index in [0.717, 1.165) is 17.0 Å². The minimum absolute atomic E-state index is 0.0623. The number of carbonyl (C=O) groups is 2. The lowest BCUT2D eigenvalue weighted by atomic mass is 10.1. The molecule has 3 rings (SSSR count). The molecule has 1 aliphatic heterocycles. The Labute approximate surface area is 152 Å². The molecule has 0 spiro atoms. The number of hydrogen-bond acceptors (Lipinski definition) is 2. The van der Waals surface area contributed by atoms with Gasteiger partial charge in [-0.25, -0.2) is 4.39 Å². The molecule has 1 saturated heterocycles. The fourth-order valence-corrected chi connectivity index (χ4v) is 3.42. The van der Waals surface area contributed by atoms with Crippen LogP contribution in [0, 0.1) is 19.7 Å². The Hall–Kier alpha value is -2.63. The summed E-state index contributed by atoms with van der Waals surface area (Å²) in [5.74, 6) is -0.755. The first-order valence-electron chi connectivity index (χ1n) is 8.92. The van der Waals surface area contributed by atoms with E-state index in [9.17, 15) is 14.0 Å². The number of nitrogens with zero attached hydrogens (tertiary/aromatic N) is 2. The van der Waals surface area contributed by atoms with Gasteiger partial charge in [0.05, 0.1) is 12.0 Å². The zero-order chi connectivity index (χ0) is 18.7. The van der Waals surface area contributed by atoms with Crippen molar-refractivity contribution in [2.24, 2.45) is 0 Å². The highest BCUT2D eigenvalue weighted by Crippen LogP contribution is 2.15. The summed E-state index contributed by atoms with van der Waals surface area (Å²) in [6.07, 6.45) is 1.05. The average molecular weight is 357 g/mol. The molecule has 0 bridgehead atoms. The van der Waals surface area contributed by atoms with Crippen molar-refractivity contribution in [3.8, 4) is 0 Å². The third-order valence-corrected chi connectivity index (χ3v) is 4.84. The molecule has 2 heterocycles. The molecule has 1 fully saturated rings. The molecule has 0 aliphatic carbocycles. The van der Waals surface area contributed by atoms with Gasteiger partial charge in [0.15, 0.2) is 0 Å². The number of benzene rings is 1. The summed E-state index contributed by atoms with van der Waals surface area (Å²) in [5, 5.41) is 0. The highest BCUT2D eigenvalue weighted by atomic mass is 19.1. The molecule has 2 amide bonds. The second-order valence-electron chi connectivity index (χ2n) is 6.79. The lowest BCUT2D eigenvalue weighted by Gasteiger charge is -2.22. The van der Waals surface area contributed by atoms with Gasteiger partial charge in [-0.15, -0.1) is 0 Å². The Balaban J connectivity index is 1.63. The van der Waals surface area contributed by atoms with Crippen molar-refractivity contribution in [3.05, 3.63) is 58.7 Å². The van der Waals surface area contributed by atoms with Crippen LogP contribution in [0.4, 0.5) is 4.39 Å². The molecular weight excluding hydrogens is 333 g/mol. The first-order valence-corrected chi connectivity index (χ1v) is 8.92. The van der Waals surface area contributed by atoms with E-state index in [-0.39, 0.29) is 17.4 Å². The third-order valence-electron chi connectivity index (χ3n) is 4.84. The number of carbonyl (C=O) groups excluding carboxylic acids is 2. The molecule has 138 valence electrons. The SMILES string of the molecule is Cc1cc(CC(=O)N2CCCN(C(=O)c3ccccc3F)CC2)c(C)[nH]1. The standard InChI is InChI=1S/C20H24FN3O2/c1-14-12-16(15(2)22-14)13-19(25)23-8-5-9-24(11-10-23)20(26)17-6-3-4-7-18(17)21/h3-4,6-7,12,22H,5,8-11,13H2,1-2H3. The van der Waals surface area contributed by atoms with Crippen molar-refractivity contribution in [3.63, 3.8) is 0 Å². The molecule has 0 radical (unpaired) electrons. The average Bonchev–Trinajstić information content (AvgIpc) is 2.81. The molecule has 26 heavy (non-hydrogen) atoms. The van der Waals surface area contributed by atoms with Crippen LogP contribution in [-0.2, 0) is 11.2 Å². The van der Waals surface area contributed by atoms with Gasteiger partial charge in [0, 0.05) is 37.6 Å². The van der Waals surface area contributed by atoms with Crippen LogP contribution in [-0.4, -0.2) is 52.8 Å². The minimum atomic E-state index is -0.506. The molecule has 0 atom stereocenters. The molecule has 1 aliphatic rings. The van der Waals surface area contributed by atoms with Gasteiger partial charge in [0.1, 0.15) is 5.82 Å². The Morgan fingerprint density at radius 3 is 2.46 bits per heavy atom. The topological polar surface area (TPSA) is 56.4 Å². The van der Waals surface area contributed by atoms with Gasteiger partial charge >= 0.3 is 0 Å². The van der Waals surface area contributed by atoms with Gasteiger partial charge in [-0.1, -0.05) is 12.1 Å². The lowest BCUT2D eigenvalue weighted by Crippen LogP contribution is -2.38. The van der Waals surface area contributed by atoms with Crippen molar-refractivity contribution < 1.29 is 14.0 Å². The summed E-state index contributed by atoms with van der Waals surface area (Å²) < 4.78 is 13.9. The van der Waals surface area contributed by atoms with E-state index >= 15 is 0 Å². The van der Waals surface area contributed by atoms with E-state index in [1.165, 1.54) is 12.1 Å². The Kier molecular flexibility index (Phi) is 5.40. The number of aromatic nitrogens is 1. The van der Waals surface area contributed by atoms with Gasteiger partial charge in [0.2, 0.25) is 5.91 Å². The first-order chi connectivity index (χ1) is 12.5. The van der Waals surface area contributed by atoms with E-state index in [2.05, 4.69) is 4.98 Å². The number of aromatic amines is 1. The summed E-state index contributed by atoms with van der Waals surface area (Å²) in [6, 6.07) is 8.02. The maximum Gasteiger partial charge on any atom is 0.256 e. The molecule has 0 unspecified atom stereocenters. The predicted molar refractivity (Wildman–Crippen MR) is 97.5 cm³/mol. The molecule has 6 heteroatoms. The number of rotatable bonds is 3. The largest absolute Gasteiger partial charge is 0.362 e. The Morgan fingerprint density at radius 2 is 1.77 bits per heavy atom. The van der Waals surface area contributed by atoms with Crippen LogP contribution >= 0.6 is 0 Å². The maximum atomic E-state index is 13.9. The van der Waals surface area contributed by atoms with Crippen LogP contribution in [0.2, 0.25) is 0 Å². The molecule has 1 N–H and O–H groups in total. The predicted octanol–water partition coefficient (Wildman–Crippen LogP) is 2.69. The number of H-pyrrole nitrogens is 1. The molecule has 5 nitrogen and oxygen atoms in total. The monoisotopic (exact) mass is 357 g/mol. The third kappa shape index (κ3) is 3.95. The lowest BCUT2D eigenvalue weighted by molar-refractivity contribution is -0.130. The van der Waals surface area contributed by atoms with Crippen LogP contribution in [0.25, 0.3) is 0 Å². The minimum Gasteiger partial charge on any atom is -0.362 e. The van der Waals surface area contributed by atoms with Gasteiger partial charge in [-0.05, 0) is 44.0 Å². The van der Waals surface area contributed by atoms with Crippen LogP contribution in [0.3, 0.4) is 0 Å². The summed E-state index contributed by atoms with van der Waals surface area (Å²) in [6.45, 7) is 5.97. The van der Waals surface area contributed by atoms with Crippen LogP contribution in [0.1, 0.15) is 33.7 Å². The normalized spacial score (nSPS) is 15.0. The summed E-state index contributed by atoms with van der Waals surface area (Å²) >= 11 is 0. The summed E-state index contributed by atoms with van der Waals surface area (Å²) in [5.41, 5.74) is 3.16. The number of halogens is 1. The fourth-order valence-electron chi connectivity index (χ4n) is 3.42. The highest BCUT2D eigenvalue weighted by molar-refractivity contribution is 5.94. The number of nitrogens with one attached hydrogen (secondary N) is 1. The quantitative estimate of drug-likeness (QED) is 0.918. The second kappa shape index (κ2) is 7.72.